The van der Waals surface area contributed by atoms with E-state index in [0.717, 1.165) is 21.5 Å². The molecule has 0 amide bonds. The van der Waals surface area contributed by atoms with Crippen molar-refractivity contribution < 1.29 is 0 Å². The number of nitrogens with zero attached hydrogens (tertiary/aromatic N) is 3. The first kappa shape index (κ1) is 10.2. The van der Waals surface area contributed by atoms with Crippen LogP contribution < -0.4 is 5.32 Å². The van der Waals surface area contributed by atoms with E-state index in [-0.39, 0.29) is 0 Å². The Labute approximate surface area is 96.4 Å². The number of aryl methyl sites for hydroxylation is 1. The molecule has 1 aromatic carbocycles. The van der Waals surface area contributed by atoms with Crippen molar-refractivity contribution in [2.45, 2.75) is 0 Å². The van der Waals surface area contributed by atoms with Crippen molar-refractivity contribution in [3.8, 4) is 11.3 Å². The van der Waals surface area contributed by atoms with Crippen LogP contribution in [-0.4, -0.2) is 22.0 Å². The zero-order chi connectivity index (χ0) is 10.8. The minimum absolute atomic E-state index is 0.762. The van der Waals surface area contributed by atoms with E-state index in [4.69, 9.17) is 0 Å². The average Bonchev–Trinajstić information content (AvgIpc) is 2.59. The second-order valence-corrected chi connectivity index (χ2v) is 3.93. The molecule has 1 aromatic heterocycles. The highest BCUT2D eigenvalue weighted by molar-refractivity contribution is 9.10. The smallest absolute Gasteiger partial charge is 0.156 e. The number of rotatable bonds is 2. The zero-order valence-electron chi connectivity index (χ0n) is 8.53. The van der Waals surface area contributed by atoms with E-state index >= 15 is 0 Å². The maximum atomic E-state index is 3.96. The van der Waals surface area contributed by atoms with Crippen molar-refractivity contribution in [3.05, 3.63) is 28.9 Å². The molecule has 5 heteroatoms. The summed E-state index contributed by atoms with van der Waals surface area (Å²) in [7, 11) is 3.77. The number of benzene rings is 1. The van der Waals surface area contributed by atoms with Gasteiger partial charge in [0.1, 0.15) is 5.69 Å². The molecule has 2 rings (SSSR count). The van der Waals surface area contributed by atoms with Gasteiger partial charge in [0.2, 0.25) is 0 Å². The SMILES string of the molecule is CNc1cccc(-c2c(Br)nnn2C)c1. The first-order chi connectivity index (χ1) is 7.22. The van der Waals surface area contributed by atoms with Crippen molar-refractivity contribution in [3.63, 3.8) is 0 Å². The van der Waals surface area contributed by atoms with E-state index in [1.54, 1.807) is 4.68 Å². The molecule has 0 unspecified atom stereocenters. The number of hydrogen-bond donors (Lipinski definition) is 1. The summed E-state index contributed by atoms with van der Waals surface area (Å²) in [5.41, 5.74) is 3.13. The highest BCUT2D eigenvalue weighted by atomic mass is 79.9. The molecule has 0 fully saturated rings. The Morgan fingerprint density at radius 2 is 2.20 bits per heavy atom. The molecule has 15 heavy (non-hydrogen) atoms. The molecule has 0 aliphatic carbocycles. The normalized spacial score (nSPS) is 10.3. The Kier molecular flexibility index (Phi) is 2.73. The van der Waals surface area contributed by atoms with Crippen molar-refractivity contribution in [2.24, 2.45) is 7.05 Å². The summed E-state index contributed by atoms with van der Waals surface area (Å²) in [4.78, 5) is 0. The van der Waals surface area contributed by atoms with Crippen molar-refractivity contribution in [1.82, 2.24) is 15.0 Å². The van der Waals surface area contributed by atoms with Gasteiger partial charge >= 0.3 is 0 Å². The van der Waals surface area contributed by atoms with Crippen LogP contribution in [-0.2, 0) is 7.05 Å². The third kappa shape index (κ3) is 1.87. The van der Waals surface area contributed by atoms with Gasteiger partial charge in [-0.1, -0.05) is 17.3 Å². The minimum atomic E-state index is 0.762. The molecule has 78 valence electrons. The number of aromatic nitrogens is 3. The van der Waals surface area contributed by atoms with Gasteiger partial charge in [0.25, 0.3) is 0 Å². The Bertz CT molecular complexity index is 459. The van der Waals surface area contributed by atoms with E-state index in [9.17, 15) is 0 Å². The van der Waals surface area contributed by atoms with Crippen LogP contribution in [0.5, 0.6) is 0 Å². The van der Waals surface area contributed by atoms with Crippen LogP contribution in [0.3, 0.4) is 0 Å². The predicted octanol–water partition coefficient (Wildman–Crippen LogP) is 2.29. The largest absolute Gasteiger partial charge is 0.388 e. The molecule has 2 aromatic rings. The topological polar surface area (TPSA) is 42.7 Å². The van der Waals surface area contributed by atoms with E-state index in [0.29, 0.717) is 0 Å². The lowest BCUT2D eigenvalue weighted by Gasteiger charge is -2.04. The fourth-order valence-corrected chi connectivity index (χ4v) is 2.02. The van der Waals surface area contributed by atoms with E-state index < -0.39 is 0 Å². The minimum Gasteiger partial charge on any atom is -0.388 e. The van der Waals surface area contributed by atoms with Crippen molar-refractivity contribution in [2.75, 3.05) is 12.4 Å². The molecule has 1 heterocycles. The quantitative estimate of drug-likeness (QED) is 0.907. The standard InChI is InChI=1S/C10H11BrN4/c1-12-8-5-3-4-7(6-8)9-10(11)13-14-15(9)2/h3-6,12H,1-2H3. The third-order valence-corrected chi connectivity index (χ3v) is 2.74. The summed E-state index contributed by atoms with van der Waals surface area (Å²) < 4.78 is 2.51. The highest BCUT2D eigenvalue weighted by Gasteiger charge is 2.10. The molecular weight excluding hydrogens is 256 g/mol. The lowest BCUT2D eigenvalue weighted by Crippen LogP contribution is -1.95. The van der Waals surface area contributed by atoms with Crippen LogP contribution in [0.4, 0.5) is 5.69 Å². The fourth-order valence-electron chi connectivity index (χ4n) is 1.46. The van der Waals surface area contributed by atoms with Gasteiger partial charge in [0, 0.05) is 25.3 Å². The molecule has 0 saturated carbocycles. The Morgan fingerprint density at radius 1 is 1.40 bits per heavy atom. The lowest BCUT2D eigenvalue weighted by molar-refractivity contribution is 0.720. The Morgan fingerprint density at radius 3 is 2.80 bits per heavy atom. The monoisotopic (exact) mass is 266 g/mol. The van der Waals surface area contributed by atoms with Gasteiger partial charge in [0.15, 0.2) is 4.60 Å². The van der Waals surface area contributed by atoms with Gasteiger partial charge in [-0.05, 0) is 28.1 Å². The second kappa shape index (κ2) is 4.02. The summed E-state index contributed by atoms with van der Waals surface area (Å²) in [6.07, 6.45) is 0. The summed E-state index contributed by atoms with van der Waals surface area (Å²) >= 11 is 3.39. The van der Waals surface area contributed by atoms with Crippen LogP contribution in [0.25, 0.3) is 11.3 Å². The summed E-state index contributed by atoms with van der Waals surface area (Å²) in [5, 5.41) is 11.0. The molecular formula is C10H11BrN4. The summed E-state index contributed by atoms with van der Waals surface area (Å²) in [6, 6.07) is 8.11. The van der Waals surface area contributed by atoms with Gasteiger partial charge in [-0.2, -0.15) is 0 Å². The van der Waals surface area contributed by atoms with Crippen LogP contribution >= 0.6 is 15.9 Å². The first-order valence-corrected chi connectivity index (χ1v) is 5.35. The molecule has 1 N–H and O–H groups in total. The Hall–Kier alpha value is -1.36. The van der Waals surface area contributed by atoms with Gasteiger partial charge < -0.3 is 5.32 Å². The molecule has 0 aliphatic rings. The van der Waals surface area contributed by atoms with Gasteiger partial charge in [0.05, 0.1) is 0 Å². The van der Waals surface area contributed by atoms with Gasteiger partial charge in [-0.15, -0.1) is 5.10 Å². The molecule has 0 saturated heterocycles. The lowest BCUT2D eigenvalue weighted by atomic mass is 10.1. The van der Waals surface area contributed by atoms with E-state index in [1.165, 1.54) is 0 Å². The van der Waals surface area contributed by atoms with Gasteiger partial charge in [-0.3, -0.25) is 0 Å². The summed E-state index contributed by atoms with van der Waals surface area (Å²) in [6.45, 7) is 0. The summed E-state index contributed by atoms with van der Waals surface area (Å²) in [5.74, 6) is 0. The van der Waals surface area contributed by atoms with Gasteiger partial charge in [-0.25, -0.2) is 4.68 Å². The fraction of sp³-hybridized carbons (Fsp3) is 0.200. The third-order valence-electron chi connectivity index (χ3n) is 2.21. The molecule has 0 aliphatic heterocycles. The number of nitrogens with one attached hydrogen (secondary N) is 1. The number of anilines is 1. The predicted molar refractivity (Wildman–Crippen MR) is 63.7 cm³/mol. The molecule has 0 atom stereocenters. The maximum absolute atomic E-state index is 3.96. The highest BCUT2D eigenvalue weighted by Crippen LogP contribution is 2.27. The Balaban J connectivity index is 2.53. The first-order valence-electron chi connectivity index (χ1n) is 4.55. The molecule has 0 radical (unpaired) electrons. The maximum Gasteiger partial charge on any atom is 0.156 e. The molecule has 0 spiro atoms. The average molecular weight is 267 g/mol. The zero-order valence-corrected chi connectivity index (χ0v) is 10.1. The van der Waals surface area contributed by atoms with E-state index in [2.05, 4.69) is 37.6 Å². The molecule has 4 nitrogen and oxygen atoms in total. The van der Waals surface area contributed by atoms with Crippen LogP contribution in [0, 0.1) is 0 Å². The van der Waals surface area contributed by atoms with Crippen molar-refractivity contribution >= 4 is 21.6 Å². The van der Waals surface area contributed by atoms with Crippen LogP contribution in [0.15, 0.2) is 28.9 Å². The second-order valence-electron chi connectivity index (χ2n) is 3.18. The van der Waals surface area contributed by atoms with Crippen molar-refractivity contribution in [1.29, 1.82) is 0 Å². The van der Waals surface area contributed by atoms with Crippen LogP contribution in [0.2, 0.25) is 0 Å². The van der Waals surface area contributed by atoms with Crippen LogP contribution in [0.1, 0.15) is 0 Å². The molecule has 0 bridgehead atoms. The number of halogens is 1. The number of hydrogen-bond acceptors (Lipinski definition) is 3. The van der Waals surface area contributed by atoms with E-state index in [1.807, 2.05) is 32.3 Å².